The standard InChI is InChI=1S/C46H34N2S/c1-31-32(2)47(39-24-21-35-10-6-7-11-36(35)29-39)44-28-34(20-26-41(31)44)17-16-33-18-22-38(23-19-33)48(37-12-4-3-5-13-37)40-25-27-46-43(30-40)42-14-8-9-15-45(42)49-46/h3-30H,1-2H3. The summed E-state index contributed by atoms with van der Waals surface area (Å²) in [5.41, 5.74) is 10.8. The molecule has 2 aromatic heterocycles. The van der Waals surface area contributed by atoms with E-state index in [1.54, 1.807) is 0 Å². The first-order chi connectivity index (χ1) is 24.1. The highest BCUT2D eigenvalue weighted by molar-refractivity contribution is 7.25. The molecule has 0 unspecified atom stereocenters. The lowest BCUT2D eigenvalue weighted by atomic mass is 10.1. The zero-order valence-electron chi connectivity index (χ0n) is 27.5. The molecule has 234 valence electrons. The van der Waals surface area contributed by atoms with Crippen LogP contribution in [0.1, 0.15) is 22.4 Å². The molecule has 2 heterocycles. The van der Waals surface area contributed by atoms with Gasteiger partial charge in [0.05, 0.1) is 5.52 Å². The zero-order valence-corrected chi connectivity index (χ0v) is 28.3. The number of thiophene rings is 1. The van der Waals surface area contributed by atoms with Gasteiger partial charge in [-0.15, -0.1) is 11.3 Å². The molecule has 0 amide bonds. The molecule has 0 fully saturated rings. The maximum absolute atomic E-state index is 2.40. The minimum atomic E-state index is 1.13. The highest BCUT2D eigenvalue weighted by atomic mass is 32.1. The lowest BCUT2D eigenvalue weighted by Gasteiger charge is -2.25. The lowest BCUT2D eigenvalue weighted by Crippen LogP contribution is -2.09. The number of aromatic nitrogens is 1. The average Bonchev–Trinajstić information content (AvgIpc) is 3.64. The highest BCUT2D eigenvalue weighted by Gasteiger charge is 2.15. The van der Waals surface area contributed by atoms with Gasteiger partial charge in [-0.1, -0.05) is 103 Å². The van der Waals surface area contributed by atoms with Gasteiger partial charge in [-0.25, -0.2) is 0 Å². The van der Waals surface area contributed by atoms with E-state index in [1.165, 1.54) is 64.4 Å². The average molecular weight is 647 g/mol. The topological polar surface area (TPSA) is 8.17 Å². The summed E-state index contributed by atoms with van der Waals surface area (Å²) in [4.78, 5) is 2.35. The van der Waals surface area contributed by atoms with Crippen molar-refractivity contribution in [1.29, 1.82) is 0 Å². The van der Waals surface area contributed by atoms with E-state index >= 15 is 0 Å². The second-order valence-electron chi connectivity index (χ2n) is 12.7. The molecule has 0 radical (unpaired) electrons. The van der Waals surface area contributed by atoms with Gasteiger partial charge in [-0.3, -0.25) is 0 Å². The van der Waals surface area contributed by atoms with E-state index in [1.807, 2.05) is 11.3 Å². The SMILES string of the molecule is Cc1c(C)n(-c2ccc3ccccc3c2)c2cc(C=Cc3ccc(N(c4ccccc4)c4ccc5sc6ccccc6c5c4)cc3)ccc12. The van der Waals surface area contributed by atoms with E-state index in [4.69, 9.17) is 0 Å². The number of benzene rings is 7. The van der Waals surface area contributed by atoms with E-state index in [0.29, 0.717) is 0 Å². The Morgan fingerprint density at radius 1 is 0.490 bits per heavy atom. The van der Waals surface area contributed by atoms with Crippen molar-refractivity contribution in [2.75, 3.05) is 4.90 Å². The molecule has 0 bridgehead atoms. The number of para-hydroxylation sites is 1. The van der Waals surface area contributed by atoms with Gasteiger partial charge in [-0.05, 0) is 108 Å². The van der Waals surface area contributed by atoms with E-state index in [9.17, 15) is 0 Å². The quantitative estimate of drug-likeness (QED) is 0.163. The van der Waals surface area contributed by atoms with Gasteiger partial charge in [0.2, 0.25) is 0 Å². The Kier molecular flexibility index (Phi) is 7.14. The summed E-state index contributed by atoms with van der Waals surface area (Å²) in [6.07, 6.45) is 4.44. The molecule has 0 saturated carbocycles. The molecule has 0 spiro atoms. The zero-order chi connectivity index (χ0) is 32.9. The molecule has 0 aliphatic rings. The summed E-state index contributed by atoms with van der Waals surface area (Å²) < 4.78 is 5.03. The highest BCUT2D eigenvalue weighted by Crippen LogP contribution is 2.40. The first kappa shape index (κ1) is 29.3. The molecule has 7 aromatic carbocycles. The number of hydrogen-bond acceptors (Lipinski definition) is 2. The molecule has 0 aliphatic carbocycles. The van der Waals surface area contributed by atoms with Crippen molar-refractivity contribution >= 4 is 82.4 Å². The fraction of sp³-hybridized carbons (Fsp3) is 0.0435. The molecule has 3 heteroatoms. The number of anilines is 3. The minimum Gasteiger partial charge on any atom is -0.314 e. The van der Waals surface area contributed by atoms with Crippen LogP contribution in [0.15, 0.2) is 158 Å². The van der Waals surface area contributed by atoms with Crippen molar-refractivity contribution in [3.63, 3.8) is 0 Å². The first-order valence-corrected chi connectivity index (χ1v) is 17.6. The van der Waals surface area contributed by atoms with E-state index in [2.05, 4.69) is 193 Å². The maximum atomic E-state index is 2.40. The largest absolute Gasteiger partial charge is 0.314 e. The van der Waals surface area contributed by atoms with Gasteiger partial charge >= 0.3 is 0 Å². The Morgan fingerprint density at radius 2 is 1.16 bits per heavy atom. The lowest BCUT2D eigenvalue weighted by molar-refractivity contribution is 1.04. The second kappa shape index (κ2) is 12.0. The second-order valence-corrected chi connectivity index (χ2v) is 13.8. The molecule has 0 saturated heterocycles. The Balaban J connectivity index is 1.05. The monoisotopic (exact) mass is 646 g/mol. The molecule has 49 heavy (non-hydrogen) atoms. The van der Waals surface area contributed by atoms with Crippen molar-refractivity contribution in [2.45, 2.75) is 13.8 Å². The summed E-state index contributed by atoms with van der Waals surface area (Å²) >= 11 is 1.85. The molecular weight excluding hydrogens is 613 g/mol. The predicted octanol–water partition coefficient (Wildman–Crippen LogP) is 13.4. The summed E-state index contributed by atoms with van der Waals surface area (Å²) in [7, 11) is 0. The van der Waals surface area contributed by atoms with Crippen LogP contribution in [0.5, 0.6) is 0 Å². The van der Waals surface area contributed by atoms with Gasteiger partial charge in [0.15, 0.2) is 0 Å². The van der Waals surface area contributed by atoms with Crippen LogP contribution in [0.2, 0.25) is 0 Å². The van der Waals surface area contributed by atoms with E-state index in [0.717, 1.165) is 22.6 Å². The molecule has 2 nitrogen and oxygen atoms in total. The minimum absolute atomic E-state index is 1.13. The van der Waals surface area contributed by atoms with Crippen LogP contribution in [0.25, 0.3) is 59.7 Å². The van der Waals surface area contributed by atoms with E-state index in [-0.39, 0.29) is 0 Å². The number of fused-ring (bicyclic) bond motifs is 5. The molecule has 0 atom stereocenters. The normalized spacial score (nSPS) is 11.8. The number of rotatable bonds is 6. The fourth-order valence-electron chi connectivity index (χ4n) is 7.15. The Bertz CT molecular complexity index is 2680. The van der Waals surface area contributed by atoms with Gasteiger partial charge in [0.1, 0.15) is 0 Å². The van der Waals surface area contributed by atoms with Gasteiger partial charge < -0.3 is 9.47 Å². The summed E-state index contributed by atoms with van der Waals surface area (Å²) in [6, 6.07) is 57.2. The summed E-state index contributed by atoms with van der Waals surface area (Å²) in [6.45, 7) is 4.45. The van der Waals surface area contributed by atoms with Gasteiger partial charge in [-0.2, -0.15) is 0 Å². The Labute approximate surface area is 290 Å². The van der Waals surface area contributed by atoms with Crippen molar-refractivity contribution < 1.29 is 0 Å². The van der Waals surface area contributed by atoms with Crippen LogP contribution in [0.4, 0.5) is 17.1 Å². The van der Waals surface area contributed by atoms with Crippen molar-refractivity contribution in [2.24, 2.45) is 0 Å². The Hall–Kier alpha value is -5.90. The van der Waals surface area contributed by atoms with Crippen molar-refractivity contribution in [1.82, 2.24) is 4.57 Å². The molecule has 9 aromatic rings. The van der Waals surface area contributed by atoms with Crippen LogP contribution in [0.3, 0.4) is 0 Å². The smallest absolute Gasteiger partial charge is 0.0540 e. The van der Waals surface area contributed by atoms with Crippen LogP contribution < -0.4 is 4.90 Å². The number of aryl methyl sites for hydroxylation is 1. The Morgan fingerprint density at radius 3 is 2.02 bits per heavy atom. The van der Waals surface area contributed by atoms with Crippen molar-refractivity contribution in [3.05, 3.63) is 180 Å². The molecule has 0 aliphatic heterocycles. The van der Waals surface area contributed by atoms with E-state index < -0.39 is 0 Å². The van der Waals surface area contributed by atoms with Gasteiger partial charge in [0.25, 0.3) is 0 Å². The van der Waals surface area contributed by atoms with Crippen LogP contribution in [0, 0.1) is 13.8 Å². The van der Waals surface area contributed by atoms with Crippen molar-refractivity contribution in [3.8, 4) is 5.69 Å². The predicted molar refractivity (Wildman–Crippen MR) is 213 cm³/mol. The molecule has 0 N–H and O–H groups in total. The van der Waals surface area contributed by atoms with Crippen LogP contribution in [-0.4, -0.2) is 4.57 Å². The third-order valence-corrected chi connectivity index (χ3v) is 10.9. The van der Waals surface area contributed by atoms with Gasteiger partial charge in [0, 0.05) is 54.0 Å². The fourth-order valence-corrected chi connectivity index (χ4v) is 8.24. The first-order valence-electron chi connectivity index (χ1n) is 16.8. The third-order valence-electron chi connectivity index (χ3n) is 9.79. The number of hydrogen-bond donors (Lipinski definition) is 0. The van der Waals surface area contributed by atoms with Crippen LogP contribution >= 0.6 is 11.3 Å². The summed E-state index contributed by atoms with van der Waals surface area (Å²) in [5, 5.41) is 6.42. The maximum Gasteiger partial charge on any atom is 0.0540 e. The van der Waals surface area contributed by atoms with Crippen LogP contribution in [-0.2, 0) is 0 Å². The summed E-state index contributed by atoms with van der Waals surface area (Å²) in [5.74, 6) is 0. The molecule has 9 rings (SSSR count). The molecular formula is C46H34N2S. The number of nitrogens with zero attached hydrogens (tertiary/aromatic N) is 2. The third kappa shape index (κ3) is 5.20.